The maximum atomic E-state index is 13.5. The van der Waals surface area contributed by atoms with Crippen LogP contribution in [0.3, 0.4) is 0 Å². The molecule has 2 aromatic rings. The third kappa shape index (κ3) is 1.71. The lowest BCUT2D eigenvalue weighted by Gasteiger charge is -2.19. The van der Waals surface area contributed by atoms with Gasteiger partial charge in [0.2, 0.25) is 0 Å². The minimum absolute atomic E-state index is 0.0330. The fourth-order valence-corrected chi connectivity index (χ4v) is 3.28. The molecule has 0 spiro atoms. The van der Waals surface area contributed by atoms with Gasteiger partial charge in [-0.3, -0.25) is 0 Å². The van der Waals surface area contributed by atoms with Gasteiger partial charge in [0.05, 0.1) is 12.7 Å². The van der Waals surface area contributed by atoms with Crippen LogP contribution < -0.4 is 0 Å². The van der Waals surface area contributed by atoms with Gasteiger partial charge in [-0.2, -0.15) is 0 Å². The molecule has 2 heteroatoms. The van der Waals surface area contributed by atoms with Gasteiger partial charge < -0.3 is 4.74 Å². The van der Waals surface area contributed by atoms with E-state index in [0.717, 1.165) is 12.0 Å². The highest BCUT2D eigenvalue weighted by atomic mass is 19.1. The summed E-state index contributed by atoms with van der Waals surface area (Å²) in [6, 6.07) is 13.5. The van der Waals surface area contributed by atoms with E-state index in [1.807, 2.05) is 6.07 Å². The van der Waals surface area contributed by atoms with E-state index in [2.05, 4.69) is 30.7 Å². The number of benzene rings is 2. The Kier molecular flexibility index (Phi) is 2.46. The quantitative estimate of drug-likeness (QED) is 0.694. The zero-order valence-corrected chi connectivity index (χ0v) is 10.5. The normalized spacial score (nSPS) is 24.3. The summed E-state index contributed by atoms with van der Waals surface area (Å²) in [6.07, 6.45) is 3.02. The van der Waals surface area contributed by atoms with Crippen molar-refractivity contribution >= 4 is 0 Å². The summed E-state index contributed by atoms with van der Waals surface area (Å²) in [5, 5.41) is 0. The topological polar surface area (TPSA) is 9.23 Å². The van der Waals surface area contributed by atoms with Crippen LogP contribution in [0.5, 0.6) is 0 Å². The molecule has 0 unspecified atom stereocenters. The van der Waals surface area contributed by atoms with Gasteiger partial charge in [0.1, 0.15) is 5.82 Å². The Morgan fingerprint density at radius 2 is 1.84 bits per heavy atom. The summed E-state index contributed by atoms with van der Waals surface area (Å²) in [4.78, 5) is 0. The minimum atomic E-state index is -0.182. The molecule has 0 saturated carbocycles. The summed E-state index contributed by atoms with van der Waals surface area (Å²) in [7, 11) is 0. The molecular weight excluding hydrogens is 239 g/mol. The second kappa shape index (κ2) is 4.17. The summed E-state index contributed by atoms with van der Waals surface area (Å²) in [5.74, 6) is 0.0678. The van der Waals surface area contributed by atoms with E-state index in [1.165, 1.54) is 16.7 Å². The van der Waals surface area contributed by atoms with E-state index in [0.29, 0.717) is 6.61 Å². The summed E-state index contributed by atoms with van der Waals surface area (Å²) < 4.78 is 19.4. The molecule has 1 saturated heterocycles. The maximum Gasteiger partial charge on any atom is 0.123 e. The van der Waals surface area contributed by atoms with Crippen molar-refractivity contribution in [2.75, 3.05) is 6.61 Å². The van der Waals surface area contributed by atoms with Crippen molar-refractivity contribution in [2.45, 2.75) is 18.4 Å². The predicted molar refractivity (Wildman–Crippen MR) is 71.4 cm³/mol. The Hall–Kier alpha value is -1.67. The summed E-state index contributed by atoms with van der Waals surface area (Å²) >= 11 is 0. The largest absolute Gasteiger partial charge is 0.373 e. The molecule has 19 heavy (non-hydrogen) atoms. The molecule has 0 aromatic heterocycles. The monoisotopic (exact) mass is 253 g/mol. The number of hydrogen-bond donors (Lipinski definition) is 0. The van der Waals surface area contributed by atoms with Gasteiger partial charge in [0.15, 0.2) is 0 Å². The first-order valence-corrected chi connectivity index (χ1v) is 6.64. The van der Waals surface area contributed by atoms with E-state index >= 15 is 0 Å². The number of fused-ring (bicyclic) bond motifs is 5. The third-order valence-electron chi connectivity index (χ3n) is 4.16. The maximum absolute atomic E-state index is 13.5. The molecule has 0 bridgehead atoms. The van der Waals surface area contributed by atoms with Crippen LogP contribution in [-0.4, -0.2) is 6.61 Å². The fourth-order valence-electron chi connectivity index (χ4n) is 3.28. The Morgan fingerprint density at radius 1 is 1.00 bits per heavy atom. The molecule has 95 valence electrons. The smallest absolute Gasteiger partial charge is 0.123 e. The molecule has 4 rings (SSSR count). The van der Waals surface area contributed by atoms with E-state index in [1.54, 1.807) is 12.1 Å². The average Bonchev–Trinajstić information content (AvgIpc) is 2.86. The molecule has 0 amide bonds. The van der Waals surface area contributed by atoms with E-state index in [9.17, 15) is 4.39 Å². The van der Waals surface area contributed by atoms with Crippen molar-refractivity contribution in [3.63, 3.8) is 0 Å². The second-order valence-electron chi connectivity index (χ2n) is 5.23. The molecule has 2 aromatic carbocycles. The number of ether oxygens (including phenoxy) is 1. The lowest BCUT2D eigenvalue weighted by Crippen LogP contribution is -2.06. The Balaban J connectivity index is 1.94. The fraction of sp³-hybridized carbons (Fsp3) is 0.235. The van der Waals surface area contributed by atoms with Crippen molar-refractivity contribution in [3.05, 3.63) is 77.0 Å². The van der Waals surface area contributed by atoms with Gasteiger partial charge in [-0.1, -0.05) is 30.3 Å². The molecule has 2 atom stereocenters. The molecule has 1 aliphatic carbocycles. The van der Waals surface area contributed by atoms with E-state index < -0.39 is 0 Å². The van der Waals surface area contributed by atoms with Gasteiger partial charge in [-0.05, 0) is 47.2 Å². The molecule has 2 aliphatic rings. The van der Waals surface area contributed by atoms with Gasteiger partial charge in [-0.15, -0.1) is 0 Å². The lowest BCUT2D eigenvalue weighted by molar-refractivity contribution is 0.105. The Morgan fingerprint density at radius 3 is 2.79 bits per heavy atom. The Labute approximate surface area is 112 Å². The molecular formula is C17H14FO. The molecule has 1 fully saturated rings. The van der Waals surface area contributed by atoms with E-state index in [-0.39, 0.29) is 17.8 Å². The van der Waals surface area contributed by atoms with E-state index in [4.69, 9.17) is 4.74 Å². The van der Waals surface area contributed by atoms with Crippen LogP contribution in [-0.2, 0) is 11.2 Å². The van der Waals surface area contributed by atoms with Crippen molar-refractivity contribution < 1.29 is 9.13 Å². The first-order valence-electron chi connectivity index (χ1n) is 6.64. The van der Waals surface area contributed by atoms with Crippen LogP contribution in [0, 0.1) is 12.2 Å². The number of rotatable bonds is 0. The molecule has 1 nitrogen and oxygen atoms in total. The van der Waals surface area contributed by atoms with Gasteiger partial charge in [0, 0.05) is 5.92 Å². The minimum Gasteiger partial charge on any atom is -0.373 e. The molecule has 1 heterocycles. The van der Waals surface area contributed by atoms with Crippen molar-refractivity contribution in [1.82, 2.24) is 0 Å². The van der Waals surface area contributed by atoms with Gasteiger partial charge in [0.25, 0.3) is 0 Å². The van der Waals surface area contributed by atoms with Crippen LogP contribution in [0.15, 0.2) is 42.5 Å². The standard InChI is InChI=1S/C17H14FO/c18-13-6-5-12-9-11-3-1-2-4-14(11)15-7-8-19-17(15)16(12)10-13/h1-7,10,15,17H,8-9H2/t15-,17-/m1/s1. The second-order valence-corrected chi connectivity index (χ2v) is 5.23. The Bertz CT molecular complexity index is 635. The number of halogens is 1. The zero-order valence-electron chi connectivity index (χ0n) is 10.5. The summed E-state index contributed by atoms with van der Waals surface area (Å²) in [6.45, 7) is 0.639. The van der Waals surface area contributed by atoms with Crippen LogP contribution in [0.4, 0.5) is 4.39 Å². The highest BCUT2D eigenvalue weighted by Crippen LogP contribution is 2.46. The SMILES string of the molecule is Fc1ccc2c(c1)[C@@H]1OC[CH][C@@H]1c1ccccc1C2. The number of hydrogen-bond acceptors (Lipinski definition) is 1. The first kappa shape index (κ1) is 11.2. The zero-order chi connectivity index (χ0) is 12.8. The van der Waals surface area contributed by atoms with Crippen LogP contribution >= 0.6 is 0 Å². The van der Waals surface area contributed by atoms with Crippen molar-refractivity contribution in [1.29, 1.82) is 0 Å². The highest BCUT2D eigenvalue weighted by molar-refractivity contribution is 5.46. The van der Waals surface area contributed by atoms with Crippen LogP contribution in [0.1, 0.15) is 34.3 Å². The highest BCUT2D eigenvalue weighted by Gasteiger charge is 2.36. The molecule has 1 radical (unpaired) electrons. The lowest BCUT2D eigenvalue weighted by atomic mass is 9.88. The first-order chi connectivity index (χ1) is 9.33. The van der Waals surface area contributed by atoms with Crippen molar-refractivity contribution in [3.8, 4) is 0 Å². The van der Waals surface area contributed by atoms with Crippen LogP contribution in [0.25, 0.3) is 0 Å². The van der Waals surface area contributed by atoms with Gasteiger partial charge >= 0.3 is 0 Å². The van der Waals surface area contributed by atoms with Crippen LogP contribution in [0.2, 0.25) is 0 Å². The third-order valence-corrected chi connectivity index (χ3v) is 4.16. The predicted octanol–water partition coefficient (Wildman–Crippen LogP) is 3.79. The molecule has 0 N–H and O–H groups in total. The average molecular weight is 253 g/mol. The van der Waals surface area contributed by atoms with Gasteiger partial charge in [-0.25, -0.2) is 4.39 Å². The van der Waals surface area contributed by atoms with Crippen molar-refractivity contribution in [2.24, 2.45) is 0 Å². The molecule has 1 aliphatic heterocycles. The summed E-state index contributed by atoms with van der Waals surface area (Å²) in [5.41, 5.74) is 4.83.